The van der Waals surface area contributed by atoms with E-state index in [-0.39, 0.29) is 0 Å². The summed E-state index contributed by atoms with van der Waals surface area (Å²) in [6, 6.07) is 7.86. The third-order valence-electron chi connectivity index (χ3n) is 3.74. The van der Waals surface area contributed by atoms with E-state index in [1.165, 1.54) is 25.7 Å². The minimum Gasteiger partial charge on any atom is -0.367 e. The Morgan fingerprint density at radius 1 is 1.05 bits per heavy atom. The monoisotopic (exact) mass is 336 g/mol. The Bertz CT molecular complexity index is 669. The van der Waals surface area contributed by atoms with Gasteiger partial charge in [-0.2, -0.15) is 4.98 Å². The molecular formula is C16H18Cl2N4. The van der Waals surface area contributed by atoms with Crippen molar-refractivity contribution in [1.29, 1.82) is 0 Å². The Labute approximate surface area is 140 Å². The van der Waals surface area contributed by atoms with Gasteiger partial charge in [0.1, 0.15) is 5.82 Å². The van der Waals surface area contributed by atoms with Crippen molar-refractivity contribution in [2.45, 2.75) is 38.6 Å². The van der Waals surface area contributed by atoms with Crippen LogP contribution in [0.2, 0.25) is 10.0 Å². The minimum absolute atomic E-state index is 0.503. The number of anilines is 3. The van der Waals surface area contributed by atoms with Crippen LogP contribution in [-0.4, -0.2) is 16.0 Å². The smallest absolute Gasteiger partial charge is 0.229 e. The molecule has 0 aliphatic heterocycles. The number of halogens is 2. The molecule has 0 atom stereocenters. The van der Waals surface area contributed by atoms with Crippen molar-refractivity contribution in [3.63, 3.8) is 0 Å². The second kappa shape index (κ2) is 6.71. The van der Waals surface area contributed by atoms with Crippen molar-refractivity contribution in [1.82, 2.24) is 9.97 Å². The number of hydrogen-bond acceptors (Lipinski definition) is 4. The number of benzene rings is 1. The summed E-state index contributed by atoms with van der Waals surface area (Å²) in [5, 5.41) is 7.69. The second-order valence-corrected chi connectivity index (χ2v) is 6.41. The van der Waals surface area contributed by atoms with Crippen LogP contribution in [0.5, 0.6) is 0 Å². The normalized spacial score (nSPS) is 15.0. The number of nitrogens with zero attached hydrogens (tertiary/aromatic N) is 2. The van der Waals surface area contributed by atoms with Gasteiger partial charge in [0.15, 0.2) is 0 Å². The molecule has 0 unspecified atom stereocenters. The van der Waals surface area contributed by atoms with Crippen LogP contribution in [0.25, 0.3) is 0 Å². The lowest BCUT2D eigenvalue weighted by molar-refractivity contribution is 0.749. The van der Waals surface area contributed by atoms with Crippen LogP contribution in [0.15, 0.2) is 24.3 Å². The van der Waals surface area contributed by atoms with Gasteiger partial charge in [0.05, 0.1) is 10.0 Å². The summed E-state index contributed by atoms with van der Waals surface area (Å²) >= 11 is 12.0. The van der Waals surface area contributed by atoms with Crippen LogP contribution in [0, 0.1) is 6.92 Å². The van der Waals surface area contributed by atoms with Crippen molar-refractivity contribution in [3.05, 3.63) is 40.0 Å². The van der Waals surface area contributed by atoms with E-state index in [1.54, 1.807) is 12.1 Å². The van der Waals surface area contributed by atoms with Gasteiger partial charge in [-0.3, -0.25) is 0 Å². The minimum atomic E-state index is 0.503. The van der Waals surface area contributed by atoms with Crippen molar-refractivity contribution < 1.29 is 0 Å². The average Bonchev–Trinajstić information content (AvgIpc) is 2.95. The zero-order valence-corrected chi connectivity index (χ0v) is 13.9. The van der Waals surface area contributed by atoms with Crippen LogP contribution in [0.3, 0.4) is 0 Å². The highest BCUT2D eigenvalue weighted by Crippen LogP contribution is 2.27. The van der Waals surface area contributed by atoms with E-state index < -0.39 is 0 Å². The molecule has 6 heteroatoms. The summed E-state index contributed by atoms with van der Waals surface area (Å²) in [6.07, 6.45) is 4.99. The number of hydrogen-bond donors (Lipinski definition) is 2. The SMILES string of the molecule is Cc1cc(NC2CCCC2)nc(Nc2ccc(Cl)c(Cl)c2)n1. The van der Waals surface area contributed by atoms with Crippen LogP contribution < -0.4 is 10.6 Å². The maximum Gasteiger partial charge on any atom is 0.229 e. The van der Waals surface area contributed by atoms with E-state index in [1.807, 2.05) is 19.1 Å². The van der Waals surface area contributed by atoms with Crippen LogP contribution in [0.1, 0.15) is 31.4 Å². The zero-order chi connectivity index (χ0) is 15.5. The van der Waals surface area contributed by atoms with Crippen LogP contribution in [-0.2, 0) is 0 Å². The molecule has 1 aromatic carbocycles. The van der Waals surface area contributed by atoms with Gasteiger partial charge in [0.2, 0.25) is 5.95 Å². The predicted molar refractivity (Wildman–Crippen MR) is 92.4 cm³/mol. The lowest BCUT2D eigenvalue weighted by Crippen LogP contribution is -2.16. The molecule has 4 nitrogen and oxygen atoms in total. The third-order valence-corrected chi connectivity index (χ3v) is 4.48. The number of nitrogens with one attached hydrogen (secondary N) is 2. The standard InChI is InChI=1S/C16H18Cl2N4/c1-10-8-15(20-11-4-2-3-5-11)22-16(19-10)21-12-6-7-13(17)14(18)9-12/h6-9,11H,2-5H2,1H3,(H2,19,20,21,22). The van der Waals surface area contributed by atoms with Crippen molar-refractivity contribution >= 4 is 40.7 Å². The quantitative estimate of drug-likeness (QED) is 0.806. The molecule has 3 rings (SSSR count). The van der Waals surface area contributed by atoms with E-state index in [0.717, 1.165) is 17.2 Å². The van der Waals surface area contributed by atoms with Gasteiger partial charge >= 0.3 is 0 Å². The maximum atomic E-state index is 6.03. The van der Waals surface area contributed by atoms with Gasteiger partial charge in [-0.25, -0.2) is 4.98 Å². The molecule has 22 heavy (non-hydrogen) atoms. The van der Waals surface area contributed by atoms with E-state index in [9.17, 15) is 0 Å². The Hall–Kier alpha value is -1.52. The highest BCUT2D eigenvalue weighted by atomic mass is 35.5. The lowest BCUT2D eigenvalue weighted by Gasteiger charge is -2.14. The van der Waals surface area contributed by atoms with Crippen LogP contribution >= 0.6 is 23.2 Å². The van der Waals surface area contributed by atoms with Gasteiger partial charge in [-0.1, -0.05) is 36.0 Å². The predicted octanol–water partition coefficient (Wildman–Crippen LogP) is 5.19. The largest absolute Gasteiger partial charge is 0.367 e. The molecule has 0 spiro atoms. The highest BCUT2D eigenvalue weighted by Gasteiger charge is 2.15. The molecule has 1 fully saturated rings. The fourth-order valence-electron chi connectivity index (χ4n) is 2.68. The van der Waals surface area contributed by atoms with E-state index in [0.29, 0.717) is 22.0 Å². The maximum absolute atomic E-state index is 6.03. The van der Waals surface area contributed by atoms with Gasteiger partial charge in [-0.05, 0) is 38.0 Å². The third kappa shape index (κ3) is 3.81. The summed E-state index contributed by atoms with van der Waals surface area (Å²) < 4.78 is 0. The summed E-state index contributed by atoms with van der Waals surface area (Å²) in [7, 11) is 0. The highest BCUT2D eigenvalue weighted by molar-refractivity contribution is 6.42. The molecular weight excluding hydrogens is 319 g/mol. The average molecular weight is 337 g/mol. The summed E-state index contributed by atoms with van der Waals surface area (Å²) in [6.45, 7) is 1.96. The van der Waals surface area contributed by atoms with E-state index >= 15 is 0 Å². The second-order valence-electron chi connectivity index (χ2n) is 5.60. The summed E-state index contributed by atoms with van der Waals surface area (Å²) in [5.41, 5.74) is 1.73. The molecule has 1 heterocycles. The molecule has 0 bridgehead atoms. The fraction of sp³-hybridized carbons (Fsp3) is 0.375. The first-order chi connectivity index (χ1) is 10.6. The first-order valence-corrected chi connectivity index (χ1v) is 8.20. The first kappa shape index (κ1) is 15.4. The van der Waals surface area contributed by atoms with Gasteiger partial charge < -0.3 is 10.6 Å². The Morgan fingerprint density at radius 2 is 1.82 bits per heavy atom. The lowest BCUT2D eigenvalue weighted by atomic mass is 10.2. The topological polar surface area (TPSA) is 49.8 Å². The van der Waals surface area contributed by atoms with Gasteiger partial charge in [-0.15, -0.1) is 0 Å². The molecule has 2 aromatic rings. The van der Waals surface area contributed by atoms with E-state index in [2.05, 4.69) is 20.6 Å². The number of aromatic nitrogens is 2. The van der Waals surface area contributed by atoms with Crippen molar-refractivity contribution in [2.75, 3.05) is 10.6 Å². The molecule has 116 valence electrons. The molecule has 0 amide bonds. The van der Waals surface area contributed by atoms with Gasteiger partial charge in [0, 0.05) is 23.5 Å². The Kier molecular flexibility index (Phi) is 4.69. The van der Waals surface area contributed by atoms with E-state index in [4.69, 9.17) is 23.2 Å². The molecule has 0 saturated heterocycles. The first-order valence-electron chi connectivity index (χ1n) is 7.44. The zero-order valence-electron chi connectivity index (χ0n) is 12.4. The fourth-order valence-corrected chi connectivity index (χ4v) is 2.98. The molecule has 1 aliphatic carbocycles. The summed E-state index contributed by atoms with van der Waals surface area (Å²) in [5.74, 6) is 1.42. The van der Waals surface area contributed by atoms with Gasteiger partial charge in [0.25, 0.3) is 0 Å². The Morgan fingerprint density at radius 3 is 2.55 bits per heavy atom. The van der Waals surface area contributed by atoms with Crippen molar-refractivity contribution in [3.8, 4) is 0 Å². The molecule has 1 aromatic heterocycles. The molecule has 1 saturated carbocycles. The number of rotatable bonds is 4. The number of aryl methyl sites for hydroxylation is 1. The Balaban J connectivity index is 1.77. The molecule has 2 N–H and O–H groups in total. The summed E-state index contributed by atoms with van der Waals surface area (Å²) in [4.78, 5) is 8.95. The van der Waals surface area contributed by atoms with Crippen molar-refractivity contribution in [2.24, 2.45) is 0 Å². The molecule has 1 aliphatic rings. The molecule has 0 radical (unpaired) electrons. The van der Waals surface area contributed by atoms with Crippen LogP contribution in [0.4, 0.5) is 17.5 Å².